The number of amides is 4. The van der Waals surface area contributed by atoms with Gasteiger partial charge in [-0.25, -0.2) is 17.9 Å². The molecular formula is C19H22N4O6S. The molecular weight excluding hydrogens is 412 g/mol. The van der Waals surface area contributed by atoms with E-state index < -0.39 is 10.0 Å². The van der Waals surface area contributed by atoms with Gasteiger partial charge >= 0.3 is 6.03 Å². The molecule has 1 aromatic heterocycles. The summed E-state index contributed by atoms with van der Waals surface area (Å²) in [4.78, 5) is 38.1. The monoisotopic (exact) mass is 434 g/mol. The fourth-order valence-corrected chi connectivity index (χ4v) is 3.95. The van der Waals surface area contributed by atoms with Gasteiger partial charge in [0.1, 0.15) is 12.3 Å². The van der Waals surface area contributed by atoms with Gasteiger partial charge in [0.15, 0.2) is 0 Å². The van der Waals surface area contributed by atoms with Crippen LogP contribution in [0.4, 0.5) is 10.5 Å². The van der Waals surface area contributed by atoms with Crippen molar-refractivity contribution in [2.75, 3.05) is 25.5 Å². The largest absolute Gasteiger partial charge is 0.468 e. The fraction of sp³-hybridized carbons (Fsp3) is 0.316. The molecule has 3 rings (SSSR count). The minimum Gasteiger partial charge on any atom is -0.468 e. The number of imide groups is 1. The van der Waals surface area contributed by atoms with Gasteiger partial charge in [-0.1, -0.05) is 6.07 Å². The topological polar surface area (TPSA) is 129 Å². The van der Waals surface area contributed by atoms with Crippen LogP contribution in [0.15, 0.2) is 52.0 Å². The number of anilines is 1. The van der Waals surface area contributed by atoms with Crippen LogP contribution in [-0.4, -0.2) is 56.2 Å². The number of benzene rings is 1. The molecule has 1 fully saturated rings. The molecule has 4 amide bonds. The molecule has 0 aliphatic carbocycles. The Kier molecular flexibility index (Phi) is 6.53. The van der Waals surface area contributed by atoms with Crippen LogP contribution in [0.25, 0.3) is 0 Å². The van der Waals surface area contributed by atoms with Crippen LogP contribution < -0.4 is 10.0 Å². The Labute approximate surface area is 173 Å². The summed E-state index contributed by atoms with van der Waals surface area (Å²) < 4.78 is 32.4. The van der Waals surface area contributed by atoms with Gasteiger partial charge in [0.05, 0.1) is 17.7 Å². The summed E-state index contributed by atoms with van der Waals surface area (Å²) in [7, 11) is -2.25. The predicted octanol–water partition coefficient (Wildman–Crippen LogP) is 1.37. The normalized spacial score (nSPS) is 14.4. The SMILES string of the molecule is CN1CC(=O)N(CCCC(=O)Nc2cccc(S(=O)(=O)NCc3ccco3)c2)C1=O. The third kappa shape index (κ3) is 5.24. The van der Waals surface area contributed by atoms with Crippen molar-refractivity contribution in [3.63, 3.8) is 0 Å². The van der Waals surface area contributed by atoms with Crippen LogP contribution in [0.3, 0.4) is 0 Å². The Bertz CT molecular complexity index is 1040. The lowest BCUT2D eigenvalue weighted by Gasteiger charge is -2.14. The number of hydrogen-bond acceptors (Lipinski definition) is 6. The lowest BCUT2D eigenvalue weighted by Crippen LogP contribution is -2.32. The second-order valence-electron chi connectivity index (χ2n) is 6.77. The molecule has 2 N–H and O–H groups in total. The van der Waals surface area contributed by atoms with Crippen molar-refractivity contribution in [3.8, 4) is 0 Å². The molecule has 0 bridgehead atoms. The molecule has 160 valence electrons. The van der Waals surface area contributed by atoms with Crippen LogP contribution >= 0.6 is 0 Å². The quantitative estimate of drug-likeness (QED) is 0.574. The summed E-state index contributed by atoms with van der Waals surface area (Å²) in [5, 5.41) is 2.63. The average molecular weight is 434 g/mol. The molecule has 0 atom stereocenters. The van der Waals surface area contributed by atoms with Crippen molar-refractivity contribution in [1.82, 2.24) is 14.5 Å². The first-order chi connectivity index (χ1) is 14.3. The summed E-state index contributed by atoms with van der Waals surface area (Å²) in [6, 6.07) is 8.81. The number of sulfonamides is 1. The first-order valence-corrected chi connectivity index (χ1v) is 10.7. The molecule has 10 nitrogen and oxygen atoms in total. The van der Waals surface area contributed by atoms with Crippen LogP contribution in [0.2, 0.25) is 0 Å². The highest BCUT2D eigenvalue weighted by Crippen LogP contribution is 2.17. The van der Waals surface area contributed by atoms with Crippen molar-refractivity contribution in [1.29, 1.82) is 0 Å². The van der Waals surface area contributed by atoms with Gasteiger partial charge in [0, 0.05) is 25.7 Å². The molecule has 11 heteroatoms. The van der Waals surface area contributed by atoms with E-state index in [1.165, 1.54) is 36.4 Å². The fourth-order valence-electron chi connectivity index (χ4n) is 2.91. The van der Waals surface area contributed by atoms with E-state index in [-0.39, 0.29) is 48.8 Å². The van der Waals surface area contributed by atoms with E-state index in [1.54, 1.807) is 18.2 Å². The van der Waals surface area contributed by atoms with Gasteiger partial charge in [-0.2, -0.15) is 0 Å². The van der Waals surface area contributed by atoms with Crippen LogP contribution in [0, 0.1) is 0 Å². The maximum Gasteiger partial charge on any atom is 0.326 e. The van der Waals surface area contributed by atoms with Crippen LogP contribution in [0.1, 0.15) is 18.6 Å². The molecule has 1 saturated heterocycles. The Morgan fingerprint density at radius 2 is 2.00 bits per heavy atom. The summed E-state index contributed by atoms with van der Waals surface area (Å²) in [6.07, 6.45) is 1.84. The van der Waals surface area contributed by atoms with E-state index in [9.17, 15) is 22.8 Å². The maximum atomic E-state index is 12.4. The van der Waals surface area contributed by atoms with Crippen LogP contribution in [-0.2, 0) is 26.2 Å². The lowest BCUT2D eigenvalue weighted by molar-refractivity contribution is -0.125. The smallest absolute Gasteiger partial charge is 0.326 e. The molecule has 30 heavy (non-hydrogen) atoms. The Balaban J connectivity index is 1.52. The summed E-state index contributed by atoms with van der Waals surface area (Å²) in [5.41, 5.74) is 0.328. The molecule has 0 saturated carbocycles. The number of nitrogens with one attached hydrogen (secondary N) is 2. The zero-order valence-corrected chi connectivity index (χ0v) is 17.1. The zero-order valence-electron chi connectivity index (χ0n) is 16.3. The van der Waals surface area contributed by atoms with Gasteiger partial charge in [-0.15, -0.1) is 0 Å². The third-order valence-electron chi connectivity index (χ3n) is 4.46. The van der Waals surface area contributed by atoms with E-state index >= 15 is 0 Å². The average Bonchev–Trinajstić information content (AvgIpc) is 3.30. The van der Waals surface area contributed by atoms with E-state index in [2.05, 4.69) is 10.0 Å². The van der Waals surface area contributed by atoms with E-state index in [0.29, 0.717) is 17.9 Å². The van der Waals surface area contributed by atoms with Gasteiger partial charge in [0.2, 0.25) is 21.8 Å². The van der Waals surface area contributed by atoms with Gasteiger partial charge in [0.25, 0.3) is 0 Å². The Morgan fingerprint density at radius 1 is 1.20 bits per heavy atom. The second-order valence-corrected chi connectivity index (χ2v) is 8.53. The molecule has 0 radical (unpaired) electrons. The minimum absolute atomic E-state index is 0.00292. The number of carbonyl (C=O) groups is 3. The molecule has 1 aliphatic heterocycles. The number of furan rings is 1. The number of urea groups is 1. The Morgan fingerprint density at radius 3 is 2.67 bits per heavy atom. The highest BCUT2D eigenvalue weighted by molar-refractivity contribution is 7.89. The van der Waals surface area contributed by atoms with Gasteiger partial charge in [-0.05, 0) is 36.8 Å². The third-order valence-corrected chi connectivity index (χ3v) is 5.86. The van der Waals surface area contributed by atoms with E-state index in [4.69, 9.17) is 4.42 Å². The molecule has 1 aliphatic rings. The minimum atomic E-state index is -3.79. The number of rotatable bonds is 9. The molecule has 0 spiro atoms. The summed E-state index contributed by atoms with van der Waals surface area (Å²) in [5.74, 6) is -0.160. The Hall–Kier alpha value is -3.18. The first-order valence-electron chi connectivity index (χ1n) is 9.24. The second kappa shape index (κ2) is 9.09. The lowest BCUT2D eigenvalue weighted by atomic mass is 10.2. The molecule has 2 aromatic rings. The molecule has 1 aromatic carbocycles. The van der Waals surface area contributed by atoms with Crippen LogP contribution in [0.5, 0.6) is 0 Å². The van der Waals surface area contributed by atoms with Crippen molar-refractivity contribution in [2.24, 2.45) is 0 Å². The van der Waals surface area contributed by atoms with Crippen molar-refractivity contribution >= 4 is 33.6 Å². The van der Waals surface area contributed by atoms with Crippen molar-refractivity contribution in [2.45, 2.75) is 24.3 Å². The highest BCUT2D eigenvalue weighted by atomic mass is 32.2. The number of hydrogen-bond donors (Lipinski definition) is 2. The molecule has 0 unspecified atom stereocenters. The summed E-state index contributed by atoms with van der Waals surface area (Å²) in [6.45, 7) is 0.204. The number of carbonyl (C=O) groups excluding carboxylic acids is 3. The van der Waals surface area contributed by atoms with Crippen molar-refractivity contribution in [3.05, 3.63) is 48.4 Å². The first kappa shape index (κ1) is 21.5. The van der Waals surface area contributed by atoms with Gasteiger partial charge in [-0.3, -0.25) is 14.5 Å². The predicted molar refractivity (Wildman–Crippen MR) is 107 cm³/mol. The number of likely N-dealkylation sites (N-methyl/N-ethyl adjacent to an activating group) is 1. The summed E-state index contributed by atoms with van der Waals surface area (Å²) >= 11 is 0. The highest BCUT2D eigenvalue weighted by Gasteiger charge is 2.32. The molecule has 2 heterocycles. The van der Waals surface area contributed by atoms with E-state index in [0.717, 1.165) is 4.90 Å². The standard InChI is InChI=1S/C19H22N4O6S/c1-22-13-18(25)23(19(22)26)9-3-8-17(24)21-14-5-2-7-16(11-14)30(27,28)20-12-15-6-4-10-29-15/h2,4-7,10-11,20H,3,8-9,12-13H2,1H3,(H,21,24). The van der Waals surface area contributed by atoms with Crippen molar-refractivity contribution < 1.29 is 27.2 Å². The van der Waals surface area contributed by atoms with Gasteiger partial charge < -0.3 is 14.6 Å². The number of nitrogens with zero attached hydrogens (tertiary/aromatic N) is 2. The maximum absolute atomic E-state index is 12.4. The zero-order chi connectivity index (χ0) is 21.7. The van der Waals surface area contributed by atoms with E-state index in [1.807, 2.05) is 0 Å².